The SMILES string of the molecule is [C-]#[N+]c1ccc(-c2nc(CCC3CCNC3)n(C)c(=O)c2-c2ccc(OC)cc2)cc1F. The maximum absolute atomic E-state index is 14.5. The van der Waals surface area contributed by atoms with Crippen molar-refractivity contribution in [3.05, 3.63) is 75.9 Å². The zero-order valence-corrected chi connectivity index (χ0v) is 18.2. The molecule has 0 radical (unpaired) electrons. The van der Waals surface area contributed by atoms with Crippen LogP contribution in [0.25, 0.3) is 27.2 Å². The van der Waals surface area contributed by atoms with Gasteiger partial charge in [0.1, 0.15) is 17.4 Å². The van der Waals surface area contributed by atoms with E-state index < -0.39 is 5.82 Å². The Hall–Kier alpha value is -3.50. The van der Waals surface area contributed by atoms with Gasteiger partial charge in [-0.15, -0.1) is 0 Å². The van der Waals surface area contributed by atoms with Gasteiger partial charge in [-0.2, -0.15) is 0 Å². The van der Waals surface area contributed by atoms with Gasteiger partial charge in [0.05, 0.1) is 24.9 Å². The van der Waals surface area contributed by atoms with Gasteiger partial charge in [-0.3, -0.25) is 9.36 Å². The largest absolute Gasteiger partial charge is 0.497 e. The lowest BCUT2D eigenvalue weighted by atomic mass is 9.98. The summed E-state index contributed by atoms with van der Waals surface area (Å²) in [5.74, 6) is 1.28. The highest BCUT2D eigenvalue weighted by molar-refractivity contribution is 5.81. The molecule has 0 aliphatic carbocycles. The number of halogens is 1. The van der Waals surface area contributed by atoms with Crippen LogP contribution >= 0.6 is 0 Å². The van der Waals surface area contributed by atoms with E-state index in [2.05, 4.69) is 10.2 Å². The molecule has 1 aromatic heterocycles. The van der Waals surface area contributed by atoms with Gasteiger partial charge in [0, 0.05) is 19.0 Å². The van der Waals surface area contributed by atoms with E-state index >= 15 is 0 Å². The fourth-order valence-corrected chi connectivity index (χ4v) is 4.14. The second-order valence-corrected chi connectivity index (χ2v) is 8.02. The van der Waals surface area contributed by atoms with Crippen LogP contribution in [-0.4, -0.2) is 29.8 Å². The number of ether oxygens (including phenoxy) is 1. The molecule has 1 atom stereocenters. The second kappa shape index (κ2) is 9.33. The summed E-state index contributed by atoms with van der Waals surface area (Å²) < 4.78 is 21.3. The average Bonchev–Trinajstić information content (AvgIpc) is 3.33. The molecule has 0 bridgehead atoms. The molecule has 1 aliphatic rings. The Labute approximate surface area is 186 Å². The number of aryl methyl sites for hydroxylation is 1. The number of hydrogen-bond acceptors (Lipinski definition) is 4. The van der Waals surface area contributed by atoms with E-state index in [4.69, 9.17) is 16.3 Å². The summed E-state index contributed by atoms with van der Waals surface area (Å²) in [4.78, 5) is 21.5. The lowest BCUT2D eigenvalue weighted by Crippen LogP contribution is -2.25. The maximum Gasteiger partial charge on any atom is 0.261 e. The van der Waals surface area contributed by atoms with Gasteiger partial charge in [-0.1, -0.05) is 24.3 Å². The zero-order chi connectivity index (χ0) is 22.7. The molecule has 7 heteroatoms. The quantitative estimate of drug-likeness (QED) is 0.588. The summed E-state index contributed by atoms with van der Waals surface area (Å²) in [7, 11) is 3.31. The van der Waals surface area contributed by atoms with Gasteiger partial charge in [-0.05, 0) is 55.6 Å². The molecule has 4 rings (SSSR count). The van der Waals surface area contributed by atoms with Crippen LogP contribution < -0.4 is 15.6 Å². The van der Waals surface area contributed by atoms with E-state index in [0.29, 0.717) is 46.3 Å². The first-order valence-corrected chi connectivity index (χ1v) is 10.6. The Bertz CT molecular complexity index is 1220. The van der Waals surface area contributed by atoms with E-state index in [1.165, 1.54) is 12.1 Å². The lowest BCUT2D eigenvalue weighted by molar-refractivity contribution is 0.415. The van der Waals surface area contributed by atoms with Gasteiger partial charge in [-0.25, -0.2) is 14.2 Å². The highest BCUT2D eigenvalue weighted by atomic mass is 19.1. The van der Waals surface area contributed by atoms with Gasteiger partial charge < -0.3 is 10.1 Å². The molecule has 2 aromatic carbocycles. The number of rotatable bonds is 6. The van der Waals surface area contributed by atoms with Crippen LogP contribution in [-0.2, 0) is 13.5 Å². The van der Waals surface area contributed by atoms with E-state index in [9.17, 15) is 9.18 Å². The van der Waals surface area contributed by atoms with E-state index in [-0.39, 0.29) is 11.2 Å². The molecule has 0 amide bonds. The topological polar surface area (TPSA) is 60.5 Å². The molecule has 0 spiro atoms. The van der Waals surface area contributed by atoms with Crippen molar-refractivity contribution in [2.24, 2.45) is 13.0 Å². The molecular formula is C25H25FN4O2. The van der Waals surface area contributed by atoms with Crippen LogP contribution in [0.1, 0.15) is 18.7 Å². The molecule has 6 nitrogen and oxygen atoms in total. The third-order valence-corrected chi connectivity index (χ3v) is 6.04. The molecular weight excluding hydrogens is 407 g/mol. The van der Waals surface area contributed by atoms with E-state index in [1.54, 1.807) is 49.1 Å². The molecule has 1 N–H and O–H groups in total. The predicted octanol–water partition coefficient (Wildman–Crippen LogP) is 4.35. The summed E-state index contributed by atoms with van der Waals surface area (Å²) >= 11 is 0. The first-order valence-electron chi connectivity index (χ1n) is 10.6. The number of benzene rings is 2. The van der Waals surface area contributed by atoms with Crippen molar-refractivity contribution < 1.29 is 9.13 Å². The third-order valence-electron chi connectivity index (χ3n) is 6.04. The molecule has 1 unspecified atom stereocenters. The van der Waals surface area contributed by atoms with Gasteiger partial charge >= 0.3 is 0 Å². The number of nitrogens with zero attached hydrogens (tertiary/aromatic N) is 3. The van der Waals surface area contributed by atoms with Crippen LogP contribution in [0.5, 0.6) is 5.75 Å². The van der Waals surface area contributed by atoms with Gasteiger partial charge in [0.2, 0.25) is 5.69 Å². The first-order chi connectivity index (χ1) is 15.5. The number of nitrogens with one attached hydrogen (secondary N) is 1. The number of methoxy groups -OCH3 is 1. The van der Waals surface area contributed by atoms with Crippen molar-refractivity contribution in [2.75, 3.05) is 20.2 Å². The highest BCUT2D eigenvalue weighted by Gasteiger charge is 2.21. The third kappa shape index (κ3) is 4.27. The molecule has 32 heavy (non-hydrogen) atoms. The van der Waals surface area contributed by atoms with Gasteiger partial charge in [0.25, 0.3) is 5.56 Å². The van der Waals surface area contributed by atoms with Crippen molar-refractivity contribution in [3.8, 4) is 28.1 Å². The van der Waals surface area contributed by atoms with Crippen molar-refractivity contribution in [1.82, 2.24) is 14.9 Å². The maximum atomic E-state index is 14.5. The van der Waals surface area contributed by atoms with Gasteiger partial charge in [0.15, 0.2) is 0 Å². The monoisotopic (exact) mass is 432 g/mol. The van der Waals surface area contributed by atoms with Crippen LogP contribution in [0, 0.1) is 18.3 Å². The molecule has 3 aromatic rings. The molecule has 1 saturated heterocycles. The minimum absolute atomic E-state index is 0.0578. The molecule has 164 valence electrons. The molecule has 0 saturated carbocycles. The average molecular weight is 432 g/mol. The normalized spacial score (nSPS) is 15.5. The van der Waals surface area contributed by atoms with E-state index in [1.807, 2.05) is 0 Å². The summed E-state index contributed by atoms with van der Waals surface area (Å²) in [5, 5.41) is 3.36. The summed E-state index contributed by atoms with van der Waals surface area (Å²) in [6, 6.07) is 11.5. The predicted molar refractivity (Wildman–Crippen MR) is 122 cm³/mol. The Balaban J connectivity index is 1.85. The zero-order valence-electron chi connectivity index (χ0n) is 18.2. The minimum atomic E-state index is -0.626. The molecule has 2 heterocycles. The van der Waals surface area contributed by atoms with Crippen molar-refractivity contribution in [3.63, 3.8) is 0 Å². The fourth-order valence-electron chi connectivity index (χ4n) is 4.14. The van der Waals surface area contributed by atoms with Crippen LogP contribution in [0.2, 0.25) is 0 Å². The highest BCUT2D eigenvalue weighted by Crippen LogP contribution is 2.32. The smallest absolute Gasteiger partial charge is 0.261 e. The van der Waals surface area contributed by atoms with Crippen LogP contribution in [0.4, 0.5) is 10.1 Å². The lowest BCUT2D eigenvalue weighted by Gasteiger charge is -2.16. The summed E-state index contributed by atoms with van der Waals surface area (Å²) in [6.45, 7) is 9.11. The Morgan fingerprint density at radius 2 is 2.00 bits per heavy atom. The summed E-state index contributed by atoms with van der Waals surface area (Å²) in [6.07, 6.45) is 2.71. The minimum Gasteiger partial charge on any atom is -0.497 e. The Morgan fingerprint density at radius 3 is 2.62 bits per heavy atom. The van der Waals surface area contributed by atoms with Crippen molar-refractivity contribution in [1.29, 1.82) is 0 Å². The number of aromatic nitrogens is 2. The fraction of sp³-hybridized carbons (Fsp3) is 0.320. The Morgan fingerprint density at radius 1 is 1.25 bits per heavy atom. The summed E-state index contributed by atoms with van der Waals surface area (Å²) in [5.41, 5.74) is 1.73. The standard InChI is InChI=1S/C25H25FN4O2/c1-27-21-10-7-18(14-20(21)26)24-23(17-5-8-19(32-3)9-6-17)25(31)30(2)22(29-24)11-4-16-12-13-28-15-16/h5-10,14,16,28H,4,11-13,15H2,2-3H3. The van der Waals surface area contributed by atoms with Crippen LogP contribution in [0.3, 0.4) is 0 Å². The van der Waals surface area contributed by atoms with E-state index in [0.717, 1.165) is 25.9 Å². The second-order valence-electron chi connectivity index (χ2n) is 8.02. The van der Waals surface area contributed by atoms with Crippen molar-refractivity contribution >= 4 is 5.69 Å². The molecule has 1 aliphatic heterocycles. The van der Waals surface area contributed by atoms with Crippen LogP contribution in [0.15, 0.2) is 47.3 Å². The first kappa shape index (κ1) is 21.7. The molecule has 1 fully saturated rings. The Kier molecular flexibility index (Phi) is 6.33. The van der Waals surface area contributed by atoms with Crippen molar-refractivity contribution in [2.45, 2.75) is 19.3 Å². The number of hydrogen-bond donors (Lipinski definition) is 1.